The smallest absolute Gasteiger partial charge is 0.270 e. The van der Waals surface area contributed by atoms with E-state index in [-0.39, 0.29) is 17.6 Å². The quantitative estimate of drug-likeness (QED) is 0.562. The molecule has 0 fully saturated rings. The highest BCUT2D eigenvalue weighted by Gasteiger charge is 2.15. The topological polar surface area (TPSA) is 99.4 Å². The van der Waals surface area contributed by atoms with E-state index in [0.717, 1.165) is 5.56 Å². The highest BCUT2D eigenvalue weighted by Crippen LogP contribution is 2.33. The maximum Gasteiger partial charge on any atom is 0.270 e. The number of ether oxygens (including phenoxy) is 2. The maximum absolute atomic E-state index is 10.9. The molecule has 8 nitrogen and oxygen atoms in total. The lowest BCUT2D eigenvalue weighted by molar-refractivity contribution is -0.384. The standard InChI is InChI=1S/C16H11ClN4O4/c17-15-12-6-10(21(22)23)2-3-11(12)16(20-19-15)18-7-9-1-4-13-14(5-9)25-8-24-13/h1-6H,7-8H2,(H,18,20). The van der Waals surface area contributed by atoms with E-state index in [1.807, 2.05) is 18.2 Å². The summed E-state index contributed by atoms with van der Waals surface area (Å²) >= 11 is 6.03. The Kier molecular flexibility index (Phi) is 3.73. The molecule has 1 aliphatic heterocycles. The van der Waals surface area contributed by atoms with Crippen LogP contribution >= 0.6 is 11.6 Å². The minimum Gasteiger partial charge on any atom is -0.454 e. The van der Waals surface area contributed by atoms with E-state index in [9.17, 15) is 10.1 Å². The van der Waals surface area contributed by atoms with Crippen LogP contribution in [0.25, 0.3) is 10.8 Å². The van der Waals surface area contributed by atoms with Crippen LogP contribution in [0.1, 0.15) is 5.56 Å². The average Bonchev–Trinajstić information content (AvgIpc) is 3.08. The SMILES string of the molecule is O=[N+]([O-])c1ccc2c(NCc3ccc4c(c3)OCO4)nnc(Cl)c2c1. The first-order chi connectivity index (χ1) is 12.1. The van der Waals surface area contributed by atoms with Crippen molar-refractivity contribution >= 4 is 33.9 Å². The summed E-state index contributed by atoms with van der Waals surface area (Å²) in [6.07, 6.45) is 0. The number of nitrogens with zero attached hydrogens (tertiary/aromatic N) is 3. The van der Waals surface area contributed by atoms with E-state index >= 15 is 0 Å². The molecular formula is C16H11ClN4O4. The summed E-state index contributed by atoms with van der Waals surface area (Å²) in [5.41, 5.74) is 0.917. The van der Waals surface area contributed by atoms with E-state index in [0.29, 0.717) is 34.6 Å². The monoisotopic (exact) mass is 358 g/mol. The van der Waals surface area contributed by atoms with Gasteiger partial charge in [-0.25, -0.2) is 0 Å². The molecule has 9 heteroatoms. The second-order valence-electron chi connectivity index (χ2n) is 5.37. The highest BCUT2D eigenvalue weighted by atomic mass is 35.5. The molecule has 0 unspecified atom stereocenters. The molecule has 126 valence electrons. The number of rotatable bonds is 4. The third kappa shape index (κ3) is 2.87. The number of nitro groups is 1. The number of anilines is 1. The number of non-ortho nitro benzene ring substituents is 1. The van der Waals surface area contributed by atoms with Crippen LogP contribution in [0.2, 0.25) is 5.15 Å². The number of benzene rings is 2. The van der Waals surface area contributed by atoms with Gasteiger partial charge in [0.2, 0.25) is 6.79 Å². The van der Waals surface area contributed by atoms with Crippen molar-refractivity contribution in [3.05, 3.63) is 57.2 Å². The molecule has 4 rings (SSSR count). The Balaban J connectivity index is 1.63. The molecule has 0 radical (unpaired) electrons. The van der Waals surface area contributed by atoms with E-state index in [4.69, 9.17) is 21.1 Å². The fraction of sp³-hybridized carbons (Fsp3) is 0.125. The van der Waals surface area contributed by atoms with Crippen molar-refractivity contribution in [1.82, 2.24) is 10.2 Å². The van der Waals surface area contributed by atoms with Crippen LogP contribution in [-0.2, 0) is 6.54 Å². The first kappa shape index (κ1) is 15.4. The van der Waals surface area contributed by atoms with Crippen LogP contribution in [0.15, 0.2) is 36.4 Å². The van der Waals surface area contributed by atoms with Gasteiger partial charge in [-0.1, -0.05) is 17.7 Å². The Bertz CT molecular complexity index is 995. The molecule has 0 amide bonds. The maximum atomic E-state index is 10.9. The Hall–Kier alpha value is -3.13. The predicted octanol–water partition coefficient (Wildman–Crippen LogP) is 3.53. The van der Waals surface area contributed by atoms with E-state index in [1.54, 1.807) is 6.07 Å². The van der Waals surface area contributed by atoms with Crippen molar-refractivity contribution in [2.75, 3.05) is 12.1 Å². The van der Waals surface area contributed by atoms with Gasteiger partial charge in [-0.05, 0) is 23.8 Å². The van der Waals surface area contributed by atoms with Gasteiger partial charge in [0.25, 0.3) is 5.69 Å². The van der Waals surface area contributed by atoms with Gasteiger partial charge < -0.3 is 14.8 Å². The molecule has 0 spiro atoms. The van der Waals surface area contributed by atoms with Crippen LogP contribution in [0.4, 0.5) is 11.5 Å². The van der Waals surface area contributed by atoms with Crippen molar-refractivity contribution in [2.24, 2.45) is 0 Å². The van der Waals surface area contributed by atoms with Crippen LogP contribution in [0.5, 0.6) is 11.5 Å². The second kappa shape index (κ2) is 6.06. The lowest BCUT2D eigenvalue weighted by atomic mass is 10.1. The number of nitro benzene ring substituents is 1. The van der Waals surface area contributed by atoms with E-state index < -0.39 is 4.92 Å². The van der Waals surface area contributed by atoms with Crippen LogP contribution < -0.4 is 14.8 Å². The lowest BCUT2D eigenvalue weighted by Crippen LogP contribution is -2.03. The van der Waals surface area contributed by atoms with Gasteiger partial charge >= 0.3 is 0 Å². The summed E-state index contributed by atoms with van der Waals surface area (Å²) in [6, 6.07) is 10.0. The van der Waals surface area contributed by atoms with Gasteiger partial charge in [-0.3, -0.25) is 10.1 Å². The zero-order chi connectivity index (χ0) is 17.4. The fourth-order valence-corrected chi connectivity index (χ4v) is 2.79. The first-order valence-corrected chi connectivity index (χ1v) is 7.72. The Morgan fingerprint density at radius 2 is 1.96 bits per heavy atom. The molecule has 25 heavy (non-hydrogen) atoms. The number of nitrogens with one attached hydrogen (secondary N) is 1. The third-order valence-electron chi connectivity index (χ3n) is 3.83. The largest absolute Gasteiger partial charge is 0.454 e. The number of fused-ring (bicyclic) bond motifs is 2. The number of hydrogen-bond donors (Lipinski definition) is 1. The van der Waals surface area contributed by atoms with E-state index in [1.165, 1.54) is 12.1 Å². The van der Waals surface area contributed by atoms with Crippen molar-refractivity contribution in [3.63, 3.8) is 0 Å². The Labute approximate surface area is 146 Å². The van der Waals surface area contributed by atoms with Gasteiger partial charge in [-0.2, -0.15) is 0 Å². The van der Waals surface area contributed by atoms with Gasteiger partial charge in [0.05, 0.1) is 4.92 Å². The minimum atomic E-state index is -0.476. The summed E-state index contributed by atoms with van der Waals surface area (Å²) in [4.78, 5) is 10.5. The summed E-state index contributed by atoms with van der Waals surface area (Å²) < 4.78 is 10.6. The molecule has 0 aliphatic carbocycles. The van der Waals surface area contributed by atoms with Crippen molar-refractivity contribution < 1.29 is 14.4 Å². The second-order valence-corrected chi connectivity index (χ2v) is 5.73. The predicted molar refractivity (Wildman–Crippen MR) is 91.1 cm³/mol. The van der Waals surface area contributed by atoms with Crippen LogP contribution in [0, 0.1) is 10.1 Å². The van der Waals surface area contributed by atoms with Gasteiger partial charge in [-0.15, -0.1) is 10.2 Å². The Morgan fingerprint density at radius 3 is 2.80 bits per heavy atom. The zero-order valence-corrected chi connectivity index (χ0v) is 13.5. The molecule has 1 aromatic heterocycles. The highest BCUT2D eigenvalue weighted by molar-refractivity contribution is 6.34. The molecule has 0 saturated carbocycles. The third-order valence-corrected chi connectivity index (χ3v) is 4.11. The number of hydrogen-bond acceptors (Lipinski definition) is 7. The molecular weight excluding hydrogens is 348 g/mol. The fourth-order valence-electron chi connectivity index (χ4n) is 2.59. The van der Waals surface area contributed by atoms with Gasteiger partial charge in [0.15, 0.2) is 22.5 Å². The molecule has 0 saturated heterocycles. The van der Waals surface area contributed by atoms with Crippen molar-refractivity contribution in [1.29, 1.82) is 0 Å². The molecule has 0 bridgehead atoms. The van der Waals surface area contributed by atoms with Gasteiger partial charge in [0, 0.05) is 29.4 Å². The lowest BCUT2D eigenvalue weighted by Gasteiger charge is -2.09. The Morgan fingerprint density at radius 1 is 1.12 bits per heavy atom. The molecule has 2 aromatic carbocycles. The molecule has 3 aromatic rings. The summed E-state index contributed by atoms with van der Waals surface area (Å²) in [6.45, 7) is 0.692. The summed E-state index contributed by atoms with van der Waals surface area (Å²) in [5.74, 6) is 1.90. The van der Waals surface area contributed by atoms with E-state index in [2.05, 4.69) is 15.5 Å². The van der Waals surface area contributed by atoms with Gasteiger partial charge in [0.1, 0.15) is 0 Å². The van der Waals surface area contributed by atoms with Crippen molar-refractivity contribution in [3.8, 4) is 11.5 Å². The average molecular weight is 359 g/mol. The normalized spacial score (nSPS) is 12.4. The molecule has 0 atom stereocenters. The van der Waals surface area contributed by atoms with Crippen molar-refractivity contribution in [2.45, 2.75) is 6.54 Å². The minimum absolute atomic E-state index is 0.0517. The number of halogens is 1. The molecule has 1 N–H and O–H groups in total. The molecule has 2 heterocycles. The first-order valence-electron chi connectivity index (χ1n) is 7.34. The zero-order valence-electron chi connectivity index (χ0n) is 12.7. The number of aromatic nitrogens is 2. The molecule has 1 aliphatic rings. The summed E-state index contributed by atoms with van der Waals surface area (Å²) in [7, 11) is 0. The van der Waals surface area contributed by atoms with Crippen LogP contribution in [-0.4, -0.2) is 21.9 Å². The van der Waals surface area contributed by atoms with Crippen LogP contribution in [0.3, 0.4) is 0 Å². The summed E-state index contributed by atoms with van der Waals surface area (Å²) in [5, 5.41) is 23.3.